The molecule has 2 aromatic rings. The summed E-state index contributed by atoms with van der Waals surface area (Å²) in [4.78, 5) is 25.0. The van der Waals surface area contributed by atoms with E-state index < -0.39 is 6.09 Å². The fourth-order valence-corrected chi connectivity index (χ4v) is 2.21. The average Bonchev–Trinajstić information content (AvgIpc) is 2.59. The number of benzene rings is 2. The fraction of sp³-hybridized carbons (Fsp3) is 0.222. The van der Waals surface area contributed by atoms with Crippen LogP contribution in [0, 0.1) is 0 Å². The molecule has 126 valence electrons. The highest BCUT2D eigenvalue weighted by atomic mass is 79.9. The second-order valence-corrected chi connectivity index (χ2v) is 5.85. The van der Waals surface area contributed by atoms with Crippen molar-refractivity contribution in [2.75, 3.05) is 19.4 Å². The number of carbonyl (C=O) groups is 2. The van der Waals surface area contributed by atoms with Crippen LogP contribution >= 0.6 is 15.9 Å². The van der Waals surface area contributed by atoms with Crippen LogP contribution in [0.3, 0.4) is 0 Å². The Bertz CT molecular complexity index is 716. The molecular formula is C18H18BrNO4. The number of nitrogens with zero attached hydrogens (tertiary/aromatic N) is 1. The Kier molecular flexibility index (Phi) is 6.37. The van der Waals surface area contributed by atoms with Crippen molar-refractivity contribution in [3.63, 3.8) is 0 Å². The summed E-state index contributed by atoms with van der Waals surface area (Å²) in [7, 11) is 3.17. The van der Waals surface area contributed by atoms with Crippen LogP contribution in [-0.2, 0) is 6.61 Å². The van der Waals surface area contributed by atoms with Crippen molar-refractivity contribution in [1.29, 1.82) is 0 Å². The van der Waals surface area contributed by atoms with Crippen molar-refractivity contribution in [2.45, 2.75) is 6.61 Å². The smallest absolute Gasteiger partial charge is 0.414 e. The summed E-state index contributed by atoms with van der Waals surface area (Å²) < 4.78 is 11.0. The Morgan fingerprint density at radius 2 is 1.71 bits per heavy atom. The largest absolute Gasteiger partial charge is 0.489 e. The summed E-state index contributed by atoms with van der Waals surface area (Å²) in [5.74, 6) is 0.609. The van der Waals surface area contributed by atoms with Gasteiger partial charge < -0.3 is 14.4 Å². The molecule has 6 heteroatoms. The van der Waals surface area contributed by atoms with Gasteiger partial charge in [0.2, 0.25) is 0 Å². The van der Waals surface area contributed by atoms with E-state index in [1.54, 1.807) is 26.2 Å². The molecule has 0 spiro atoms. The number of hydrogen-bond donors (Lipinski definition) is 0. The highest BCUT2D eigenvalue weighted by Gasteiger charge is 2.13. The number of ketones is 1. The van der Waals surface area contributed by atoms with E-state index >= 15 is 0 Å². The van der Waals surface area contributed by atoms with Gasteiger partial charge >= 0.3 is 6.09 Å². The third kappa shape index (κ3) is 5.09. The number of ether oxygens (including phenoxy) is 2. The Hall–Kier alpha value is -2.34. The van der Waals surface area contributed by atoms with E-state index in [0.29, 0.717) is 17.9 Å². The van der Waals surface area contributed by atoms with Crippen LogP contribution in [0.25, 0.3) is 0 Å². The van der Waals surface area contributed by atoms with Gasteiger partial charge in [-0.05, 0) is 17.7 Å². The van der Waals surface area contributed by atoms with Gasteiger partial charge in [-0.1, -0.05) is 46.3 Å². The Morgan fingerprint density at radius 1 is 1.04 bits per heavy atom. The van der Waals surface area contributed by atoms with Crippen LogP contribution in [0.15, 0.2) is 48.5 Å². The van der Waals surface area contributed by atoms with Crippen LogP contribution in [0.4, 0.5) is 4.79 Å². The summed E-state index contributed by atoms with van der Waals surface area (Å²) in [5, 5.41) is 0.177. The molecule has 0 heterocycles. The number of alkyl halides is 1. The van der Waals surface area contributed by atoms with Crippen LogP contribution in [0.2, 0.25) is 0 Å². The molecule has 1 amide bonds. The standard InChI is InChI=1S/C18H18BrNO4/c1-20(2)18(22)24-16-9-14(17(21)11-19)8-15(10-16)23-12-13-6-4-3-5-7-13/h3-10H,11-12H2,1-2H3. The highest BCUT2D eigenvalue weighted by molar-refractivity contribution is 9.09. The topological polar surface area (TPSA) is 55.8 Å². The first kappa shape index (κ1) is 18.0. The van der Waals surface area contributed by atoms with Crippen LogP contribution in [0.5, 0.6) is 11.5 Å². The van der Waals surface area contributed by atoms with E-state index in [-0.39, 0.29) is 16.9 Å². The quantitative estimate of drug-likeness (QED) is 0.553. The zero-order valence-corrected chi connectivity index (χ0v) is 15.1. The monoisotopic (exact) mass is 391 g/mol. The van der Waals surface area contributed by atoms with E-state index in [9.17, 15) is 9.59 Å². The maximum Gasteiger partial charge on any atom is 0.414 e. The summed E-state index contributed by atoms with van der Waals surface area (Å²) in [6, 6.07) is 14.4. The number of halogens is 1. The zero-order valence-electron chi connectivity index (χ0n) is 13.5. The molecule has 0 aliphatic heterocycles. The summed E-state index contributed by atoms with van der Waals surface area (Å²) >= 11 is 3.14. The van der Waals surface area contributed by atoms with Gasteiger partial charge in [0.15, 0.2) is 5.78 Å². The third-order valence-corrected chi connectivity index (χ3v) is 3.65. The minimum atomic E-state index is -0.521. The lowest BCUT2D eigenvalue weighted by molar-refractivity contribution is 0.102. The highest BCUT2D eigenvalue weighted by Crippen LogP contribution is 2.25. The van der Waals surface area contributed by atoms with E-state index in [1.165, 1.54) is 11.0 Å². The molecule has 0 N–H and O–H groups in total. The van der Waals surface area contributed by atoms with E-state index in [0.717, 1.165) is 5.56 Å². The maximum atomic E-state index is 12.0. The van der Waals surface area contributed by atoms with Crippen molar-refractivity contribution in [2.24, 2.45) is 0 Å². The molecule has 0 fully saturated rings. The molecule has 0 aromatic heterocycles. The predicted molar refractivity (Wildman–Crippen MR) is 95.1 cm³/mol. The second kappa shape index (κ2) is 8.49. The molecule has 2 aromatic carbocycles. The Balaban J connectivity index is 2.22. The van der Waals surface area contributed by atoms with E-state index in [4.69, 9.17) is 9.47 Å². The lowest BCUT2D eigenvalue weighted by Gasteiger charge is -2.13. The first-order valence-electron chi connectivity index (χ1n) is 7.29. The summed E-state index contributed by atoms with van der Waals surface area (Å²) in [6.45, 7) is 0.355. The molecule has 5 nitrogen and oxygen atoms in total. The van der Waals surface area contributed by atoms with Crippen LogP contribution in [0.1, 0.15) is 15.9 Å². The third-order valence-electron chi connectivity index (χ3n) is 3.14. The maximum absolute atomic E-state index is 12.0. The van der Waals surface area contributed by atoms with Gasteiger partial charge in [-0.15, -0.1) is 0 Å². The molecule has 0 aliphatic carbocycles. The number of Topliss-reactive ketones (excluding diaryl/α,β-unsaturated/α-hetero) is 1. The number of amides is 1. The van der Waals surface area contributed by atoms with E-state index in [1.807, 2.05) is 30.3 Å². The minimum Gasteiger partial charge on any atom is -0.489 e. The summed E-state index contributed by atoms with van der Waals surface area (Å²) in [5.41, 5.74) is 1.42. The van der Waals surface area contributed by atoms with Crippen molar-refractivity contribution in [3.8, 4) is 11.5 Å². The molecule has 0 saturated carbocycles. The minimum absolute atomic E-state index is 0.123. The molecule has 0 saturated heterocycles. The normalized spacial score (nSPS) is 10.1. The van der Waals surface area contributed by atoms with Crippen molar-refractivity contribution in [3.05, 3.63) is 59.7 Å². The summed E-state index contributed by atoms with van der Waals surface area (Å²) in [6.07, 6.45) is -0.521. The molecule has 2 rings (SSSR count). The molecule has 0 aliphatic rings. The van der Waals surface area contributed by atoms with Gasteiger partial charge in [-0.3, -0.25) is 4.79 Å². The Morgan fingerprint density at radius 3 is 2.33 bits per heavy atom. The molecular weight excluding hydrogens is 374 g/mol. The first-order valence-corrected chi connectivity index (χ1v) is 8.42. The molecule has 0 atom stereocenters. The van der Waals surface area contributed by atoms with Crippen molar-refractivity contribution < 1.29 is 19.1 Å². The lowest BCUT2D eigenvalue weighted by Crippen LogP contribution is -2.25. The molecule has 0 bridgehead atoms. The van der Waals surface area contributed by atoms with Gasteiger partial charge in [0, 0.05) is 25.7 Å². The first-order chi connectivity index (χ1) is 11.5. The van der Waals surface area contributed by atoms with E-state index in [2.05, 4.69) is 15.9 Å². The average molecular weight is 392 g/mol. The lowest BCUT2D eigenvalue weighted by atomic mass is 10.1. The Labute approximate surface area is 149 Å². The van der Waals surface area contributed by atoms with Crippen LogP contribution in [-0.4, -0.2) is 36.2 Å². The van der Waals surface area contributed by atoms with Gasteiger partial charge in [-0.2, -0.15) is 0 Å². The molecule has 0 radical (unpaired) electrons. The van der Waals surface area contributed by atoms with Crippen molar-refractivity contribution >= 4 is 27.8 Å². The van der Waals surface area contributed by atoms with Crippen molar-refractivity contribution in [1.82, 2.24) is 4.90 Å². The van der Waals surface area contributed by atoms with Gasteiger partial charge in [-0.25, -0.2) is 4.79 Å². The number of carbonyl (C=O) groups excluding carboxylic acids is 2. The molecule has 24 heavy (non-hydrogen) atoms. The van der Waals surface area contributed by atoms with Gasteiger partial charge in [0.1, 0.15) is 18.1 Å². The second-order valence-electron chi connectivity index (χ2n) is 5.29. The zero-order chi connectivity index (χ0) is 17.5. The number of hydrogen-bond acceptors (Lipinski definition) is 4. The fourth-order valence-electron chi connectivity index (χ4n) is 1.89. The van der Waals surface area contributed by atoms with Gasteiger partial charge in [0.05, 0.1) is 5.33 Å². The SMILES string of the molecule is CN(C)C(=O)Oc1cc(OCc2ccccc2)cc(C(=O)CBr)c1. The van der Waals surface area contributed by atoms with Gasteiger partial charge in [0.25, 0.3) is 0 Å². The predicted octanol–water partition coefficient (Wildman–Crippen LogP) is 3.90. The van der Waals surface area contributed by atoms with Crippen LogP contribution < -0.4 is 9.47 Å². The number of rotatable bonds is 6. The molecule has 0 unspecified atom stereocenters.